The Kier molecular flexibility index (Phi) is 7.34. The van der Waals surface area contributed by atoms with E-state index in [1.165, 1.54) is 24.5 Å². The molecule has 1 aliphatic heterocycles. The molecule has 216 valence electrons. The maximum absolute atomic E-state index is 12.7. The van der Waals surface area contributed by atoms with E-state index in [9.17, 15) is 8.42 Å². The van der Waals surface area contributed by atoms with E-state index in [1.54, 1.807) is 38.7 Å². The van der Waals surface area contributed by atoms with Gasteiger partial charge in [0, 0.05) is 29.5 Å². The Balaban J connectivity index is 1.12. The lowest BCUT2D eigenvalue weighted by Crippen LogP contribution is -2.51. The minimum atomic E-state index is -3.82. The smallest absolute Gasteiger partial charge is 0.264 e. The lowest BCUT2D eigenvalue weighted by molar-refractivity contribution is -0.367. The number of anilines is 3. The average Bonchev–Trinajstić information content (AvgIpc) is 3.38. The first-order chi connectivity index (χ1) is 20.4. The van der Waals surface area contributed by atoms with E-state index in [0.29, 0.717) is 35.4 Å². The number of nitrogens with zero attached hydrogens (tertiary/aromatic N) is 5. The molecule has 0 bridgehead atoms. The molecule has 13 nitrogen and oxygen atoms in total. The van der Waals surface area contributed by atoms with Gasteiger partial charge in [-0.1, -0.05) is 4.98 Å². The first-order valence-corrected chi connectivity index (χ1v) is 14.9. The van der Waals surface area contributed by atoms with Crippen molar-refractivity contribution in [3.63, 3.8) is 0 Å². The number of benzene rings is 2. The van der Waals surface area contributed by atoms with Crippen molar-refractivity contribution in [2.75, 3.05) is 55.3 Å². The van der Waals surface area contributed by atoms with Crippen LogP contribution in [-0.4, -0.2) is 78.8 Å². The fraction of sp³-hybridized carbons (Fsp3) is 0.222. The highest BCUT2D eigenvalue weighted by atomic mass is 32.2. The van der Waals surface area contributed by atoms with Crippen LogP contribution in [0.4, 0.5) is 17.5 Å². The molecule has 1 saturated heterocycles. The fourth-order valence-corrected chi connectivity index (χ4v) is 6.17. The summed E-state index contributed by atoms with van der Waals surface area (Å²) < 4.78 is 38.7. The Labute approximate surface area is 247 Å². The average molecular weight is 607 g/mol. The highest BCUT2D eigenvalue weighted by Gasteiger charge is 2.28. The van der Waals surface area contributed by atoms with Gasteiger partial charge in [0.15, 0.2) is 16.6 Å². The van der Waals surface area contributed by atoms with Gasteiger partial charge in [-0.05, 0) is 48.6 Å². The summed E-state index contributed by atoms with van der Waals surface area (Å²) in [4.78, 5) is 23.5. The standard InChI is InChI=1S/C27H27N9O4S2/c1-39-21-14-19-20(15-22(21)40-2)33-24-23(19)25(31-16-30-24)35-10-12-36(13-11-35)27(41)32-17-4-6-18(7-5-17)42(37,38)34-26-28-8-3-9-29-26/h3-9,14-16H,10-13H2,1-2H3,(H,32,41)(H,28,29,34)(H,30,31,33)/p+1. The molecule has 0 spiro atoms. The molecule has 0 atom stereocenters. The lowest BCUT2D eigenvalue weighted by atomic mass is 10.1. The molecule has 0 aliphatic carbocycles. The van der Waals surface area contributed by atoms with Gasteiger partial charge in [-0.3, -0.25) is 4.90 Å². The van der Waals surface area contributed by atoms with Crippen LogP contribution in [0.15, 0.2) is 66.1 Å². The first-order valence-electron chi connectivity index (χ1n) is 13.0. The molecule has 1 aliphatic rings. The summed E-state index contributed by atoms with van der Waals surface area (Å²) >= 11 is 5.68. The van der Waals surface area contributed by atoms with Gasteiger partial charge in [0.2, 0.25) is 23.7 Å². The summed E-state index contributed by atoms with van der Waals surface area (Å²) in [5, 5.41) is 5.74. The number of fused-ring (bicyclic) bond motifs is 3. The predicted octanol–water partition coefficient (Wildman–Crippen LogP) is 2.66. The number of methoxy groups -OCH3 is 2. The number of rotatable bonds is 7. The Morgan fingerprint density at radius 2 is 1.69 bits per heavy atom. The Morgan fingerprint density at radius 3 is 2.38 bits per heavy atom. The summed E-state index contributed by atoms with van der Waals surface area (Å²) in [5.41, 5.74) is 2.36. The van der Waals surface area contributed by atoms with Gasteiger partial charge in [0.05, 0.1) is 50.8 Å². The van der Waals surface area contributed by atoms with Crippen molar-refractivity contribution in [3.8, 4) is 11.5 Å². The van der Waals surface area contributed by atoms with Crippen LogP contribution in [0.3, 0.4) is 0 Å². The van der Waals surface area contributed by atoms with Gasteiger partial charge in [0.1, 0.15) is 5.39 Å². The quantitative estimate of drug-likeness (QED) is 0.235. The normalized spacial score (nSPS) is 13.8. The van der Waals surface area contributed by atoms with Crippen LogP contribution < -0.4 is 29.4 Å². The third-order valence-electron chi connectivity index (χ3n) is 7.01. The van der Waals surface area contributed by atoms with Crippen molar-refractivity contribution in [2.24, 2.45) is 0 Å². The molecule has 3 aromatic heterocycles. The number of sulfonamides is 1. The van der Waals surface area contributed by atoms with Crippen molar-refractivity contribution in [1.82, 2.24) is 24.8 Å². The first kappa shape index (κ1) is 27.4. The number of aromatic nitrogens is 5. The summed E-state index contributed by atoms with van der Waals surface area (Å²) in [6.45, 7) is 2.83. The fourth-order valence-electron chi connectivity index (χ4n) is 4.91. The number of piperazine rings is 1. The zero-order valence-corrected chi connectivity index (χ0v) is 24.4. The summed E-state index contributed by atoms with van der Waals surface area (Å²) in [5.74, 6) is 2.26. The molecular formula is C27H28N9O4S2+. The minimum Gasteiger partial charge on any atom is -0.493 e. The largest absolute Gasteiger partial charge is 0.493 e. The number of nitrogens with one attached hydrogen (secondary N) is 4. The van der Waals surface area contributed by atoms with E-state index >= 15 is 0 Å². The van der Waals surface area contributed by atoms with Crippen LogP contribution in [0.1, 0.15) is 0 Å². The summed E-state index contributed by atoms with van der Waals surface area (Å²) in [6.07, 6.45) is 4.61. The third-order valence-corrected chi connectivity index (χ3v) is 8.71. The van der Waals surface area contributed by atoms with E-state index in [1.807, 2.05) is 12.1 Å². The van der Waals surface area contributed by atoms with Crippen molar-refractivity contribution >= 4 is 66.7 Å². The number of aromatic amines is 2. The van der Waals surface area contributed by atoms with Crippen LogP contribution >= 0.6 is 12.2 Å². The topological polar surface area (TPSA) is 152 Å². The second-order valence-corrected chi connectivity index (χ2v) is 11.5. The van der Waals surface area contributed by atoms with Gasteiger partial charge < -0.3 is 24.7 Å². The maximum atomic E-state index is 12.7. The molecule has 15 heteroatoms. The lowest BCUT2D eigenvalue weighted by Gasteiger charge is -2.34. The highest BCUT2D eigenvalue weighted by Crippen LogP contribution is 2.37. The van der Waals surface area contributed by atoms with Gasteiger partial charge in [0.25, 0.3) is 10.0 Å². The van der Waals surface area contributed by atoms with E-state index in [-0.39, 0.29) is 10.8 Å². The van der Waals surface area contributed by atoms with Crippen molar-refractivity contribution < 1.29 is 22.9 Å². The van der Waals surface area contributed by atoms with Crippen LogP contribution in [0.25, 0.3) is 21.9 Å². The van der Waals surface area contributed by atoms with Crippen molar-refractivity contribution in [2.45, 2.75) is 4.90 Å². The van der Waals surface area contributed by atoms with E-state index in [0.717, 1.165) is 40.8 Å². The van der Waals surface area contributed by atoms with Crippen LogP contribution in [0, 0.1) is 0 Å². The number of ether oxygens (including phenoxy) is 2. The predicted molar refractivity (Wildman–Crippen MR) is 163 cm³/mol. The zero-order chi connectivity index (χ0) is 29.3. The van der Waals surface area contributed by atoms with Crippen LogP contribution in [-0.2, 0) is 10.0 Å². The molecule has 2 aromatic carbocycles. The summed E-state index contributed by atoms with van der Waals surface area (Å²) in [7, 11) is -0.585. The molecule has 6 rings (SSSR count). The molecule has 4 heterocycles. The Hall–Kier alpha value is -4.76. The molecule has 4 N–H and O–H groups in total. The zero-order valence-electron chi connectivity index (χ0n) is 22.8. The molecule has 0 amide bonds. The van der Waals surface area contributed by atoms with Crippen molar-refractivity contribution in [1.29, 1.82) is 0 Å². The van der Waals surface area contributed by atoms with Gasteiger partial charge in [-0.15, -0.1) is 0 Å². The SMILES string of the molecule is COc1cc2[nH]c3nc[nH+]c(N4CCN(C(=S)Nc5ccc(S(=O)(=O)Nc6ncccn6)cc5)CC4)c3c2cc1OC. The monoisotopic (exact) mass is 606 g/mol. The number of thiocarbonyl (C=S) groups is 1. The van der Waals surface area contributed by atoms with Gasteiger partial charge in [-0.25, -0.2) is 28.1 Å². The second kappa shape index (κ2) is 11.3. The molecule has 0 radical (unpaired) electrons. The van der Waals surface area contributed by atoms with Gasteiger partial charge in [-0.2, -0.15) is 0 Å². The second-order valence-electron chi connectivity index (χ2n) is 9.46. The van der Waals surface area contributed by atoms with E-state index in [2.05, 4.69) is 44.8 Å². The molecular weight excluding hydrogens is 578 g/mol. The highest BCUT2D eigenvalue weighted by molar-refractivity contribution is 7.92. The maximum Gasteiger partial charge on any atom is 0.264 e. The Morgan fingerprint density at radius 1 is 1.00 bits per heavy atom. The minimum absolute atomic E-state index is 0.00905. The number of hydrogen-bond donors (Lipinski definition) is 3. The molecule has 1 fully saturated rings. The molecule has 0 unspecified atom stereocenters. The summed E-state index contributed by atoms with van der Waals surface area (Å²) in [6, 6.07) is 11.8. The molecule has 42 heavy (non-hydrogen) atoms. The van der Waals surface area contributed by atoms with Crippen LogP contribution in [0.2, 0.25) is 0 Å². The number of H-pyrrole nitrogens is 2. The molecule has 5 aromatic rings. The van der Waals surface area contributed by atoms with Crippen LogP contribution in [0.5, 0.6) is 11.5 Å². The van der Waals surface area contributed by atoms with Crippen molar-refractivity contribution in [3.05, 3.63) is 61.2 Å². The Bertz CT molecular complexity index is 1860. The number of hydrogen-bond acceptors (Lipinski definition) is 9. The third kappa shape index (κ3) is 5.31. The van der Waals surface area contributed by atoms with Gasteiger partial charge >= 0.3 is 0 Å². The molecule has 0 saturated carbocycles. The van der Waals surface area contributed by atoms with E-state index < -0.39 is 10.0 Å². The van der Waals surface area contributed by atoms with E-state index in [4.69, 9.17) is 21.7 Å².